The molecule has 2 rings (SSSR count). The van der Waals surface area contributed by atoms with E-state index in [0.29, 0.717) is 5.02 Å². The third kappa shape index (κ3) is 2.50. The van der Waals surface area contributed by atoms with Gasteiger partial charge in [-0.1, -0.05) is 18.5 Å². The van der Waals surface area contributed by atoms with E-state index in [0.717, 1.165) is 35.7 Å². The van der Waals surface area contributed by atoms with Crippen LogP contribution in [0.3, 0.4) is 0 Å². The van der Waals surface area contributed by atoms with Crippen LogP contribution in [0.15, 0.2) is 10.6 Å². The van der Waals surface area contributed by atoms with Gasteiger partial charge in [0.25, 0.3) is 0 Å². The Hall–Kier alpha value is -1.26. The summed E-state index contributed by atoms with van der Waals surface area (Å²) in [5.74, 6) is 1.88. The largest absolute Gasteiger partial charge is 0.466 e. The number of nitrogens with zero attached hydrogens (tertiary/aromatic N) is 2. The Morgan fingerprint density at radius 2 is 2.05 bits per heavy atom. The van der Waals surface area contributed by atoms with Crippen LogP contribution < -0.4 is 5.32 Å². The zero-order chi connectivity index (χ0) is 14.9. The Kier molecular flexibility index (Phi) is 4.55. The number of furan rings is 1. The van der Waals surface area contributed by atoms with E-state index < -0.39 is 0 Å². The lowest BCUT2D eigenvalue weighted by Gasteiger charge is -2.19. The van der Waals surface area contributed by atoms with Gasteiger partial charge in [0.1, 0.15) is 11.5 Å². The zero-order valence-corrected chi connectivity index (χ0v) is 13.5. The van der Waals surface area contributed by atoms with Gasteiger partial charge in [0.2, 0.25) is 0 Å². The zero-order valence-electron chi connectivity index (χ0n) is 12.7. The first kappa shape index (κ1) is 15.1. The average Bonchev–Trinajstić information content (AvgIpc) is 2.87. The highest BCUT2D eigenvalue weighted by atomic mass is 35.5. The van der Waals surface area contributed by atoms with E-state index in [-0.39, 0.29) is 6.04 Å². The Morgan fingerprint density at radius 3 is 2.55 bits per heavy atom. The van der Waals surface area contributed by atoms with Crippen LogP contribution in [0.4, 0.5) is 0 Å². The molecule has 4 nitrogen and oxygen atoms in total. The number of nitrogens with one attached hydrogen (secondary N) is 1. The van der Waals surface area contributed by atoms with Gasteiger partial charge in [-0.3, -0.25) is 4.68 Å². The topological polar surface area (TPSA) is 43.0 Å². The van der Waals surface area contributed by atoms with Gasteiger partial charge in [-0.05, 0) is 39.8 Å². The highest BCUT2D eigenvalue weighted by Gasteiger charge is 2.26. The molecule has 0 radical (unpaired) electrons. The maximum absolute atomic E-state index is 6.36. The molecule has 0 bridgehead atoms. The second-order valence-electron chi connectivity index (χ2n) is 5.08. The van der Waals surface area contributed by atoms with E-state index in [1.54, 1.807) is 6.20 Å². The quantitative estimate of drug-likeness (QED) is 0.913. The molecule has 110 valence electrons. The van der Waals surface area contributed by atoms with Crippen LogP contribution in [0.25, 0.3) is 0 Å². The van der Waals surface area contributed by atoms with Gasteiger partial charge in [-0.25, -0.2) is 0 Å². The van der Waals surface area contributed by atoms with Gasteiger partial charge >= 0.3 is 0 Å². The van der Waals surface area contributed by atoms with E-state index in [2.05, 4.69) is 24.3 Å². The molecule has 0 fully saturated rings. The fourth-order valence-electron chi connectivity index (χ4n) is 2.70. The second kappa shape index (κ2) is 6.02. The van der Waals surface area contributed by atoms with Crippen LogP contribution in [-0.4, -0.2) is 16.8 Å². The number of aryl methyl sites for hydroxylation is 3. The van der Waals surface area contributed by atoms with Crippen molar-refractivity contribution in [2.75, 3.05) is 7.05 Å². The molecule has 0 aliphatic heterocycles. The highest BCUT2D eigenvalue weighted by Crippen LogP contribution is 2.34. The molecule has 1 N–H and O–H groups in total. The smallest absolute Gasteiger partial charge is 0.106 e. The second-order valence-corrected chi connectivity index (χ2v) is 5.48. The van der Waals surface area contributed by atoms with Crippen molar-refractivity contribution in [3.05, 3.63) is 39.6 Å². The lowest BCUT2D eigenvalue weighted by molar-refractivity contribution is 0.489. The molecule has 2 heterocycles. The average molecular weight is 296 g/mol. The Morgan fingerprint density at radius 1 is 1.35 bits per heavy atom. The normalized spacial score (nSPS) is 12.9. The number of hydrogen-bond donors (Lipinski definition) is 1. The summed E-state index contributed by atoms with van der Waals surface area (Å²) in [6.07, 6.45) is 2.73. The molecular weight excluding hydrogens is 274 g/mol. The van der Waals surface area contributed by atoms with Crippen LogP contribution in [-0.2, 0) is 6.54 Å². The maximum Gasteiger partial charge on any atom is 0.106 e. The van der Waals surface area contributed by atoms with Crippen molar-refractivity contribution in [1.29, 1.82) is 0 Å². The molecule has 1 atom stereocenters. The Balaban J connectivity index is 2.55. The van der Waals surface area contributed by atoms with Crippen molar-refractivity contribution in [2.24, 2.45) is 0 Å². The minimum Gasteiger partial charge on any atom is -0.466 e. The van der Waals surface area contributed by atoms with Crippen LogP contribution in [0.2, 0.25) is 5.02 Å². The monoisotopic (exact) mass is 295 g/mol. The fourth-order valence-corrected chi connectivity index (χ4v) is 2.95. The standard InChI is InChI=1S/C15H22ClN3O/c1-6-7-19-15(12(16)8-18-19)14(17-5)13-9(2)10(3)20-11(13)4/h8,14,17H,6-7H2,1-5H3. The third-order valence-corrected chi connectivity index (χ3v) is 4.03. The van der Waals surface area contributed by atoms with Crippen molar-refractivity contribution in [3.63, 3.8) is 0 Å². The first-order valence-corrected chi connectivity index (χ1v) is 7.34. The molecule has 0 aromatic carbocycles. The summed E-state index contributed by atoms with van der Waals surface area (Å²) in [5, 5.41) is 8.42. The summed E-state index contributed by atoms with van der Waals surface area (Å²) in [7, 11) is 1.94. The predicted molar refractivity (Wildman–Crippen MR) is 81.3 cm³/mol. The Bertz CT molecular complexity index is 601. The van der Waals surface area contributed by atoms with Gasteiger partial charge in [-0.15, -0.1) is 0 Å². The summed E-state index contributed by atoms with van der Waals surface area (Å²) >= 11 is 6.36. The number of aromatic nitrogens is 2. The van der Waals surface area contributed by atoms with Crippen molar-refractivity contribution >= 4 is 11.6 Å². The SMILES string of the molecule is CCCn1ncc(Cl)c1C(NC)c1c(C)oc(C)c1C. The van der Waals surface area contributed by atoms with Gasteiger partial charge in [0, 0.05) is 12.1 Å². The molecule has 20 heavy (non-hydrogen) atoms. The minimum absolute atomic E-state index is 0.00556. The molecule has 5 heteroatoms. The van der Waals surface area contributed by atoms with E-state index in [4.69, 9.17) is 16.0 Å². The van der Waals surface area contributed by atoms with E-state index in [9.17, 15) is 0 Å². The van der Waals surface area contributed by atoms with Crippen LogP contribution in [0.5, 0.6) is 0 Å². The first-order chi connectivity index (χ1) is 9.51. The van der Waals surface area contributed by atoms with Crippen LogP contribution in [0.1, 0.15) is 47.7 Å². The summed E-state index contributed by atoms with van der Waals surface area (Å²) in [4.78, 5) is 0. The molecule has 1 unspecified atom stereocenters. The van der Waals surface area contributed by atoms with Crippen LogP contribution >= 0.6 is 11.6 Å². The summed E-state index contributed by atoms with van der Waals surface area (Å²) in [6.45, 7) is 9.05. The van der Waals surface area contributed by atoms with Crippen molar-refractivity contribution < 1.29 is 4.42 Å². The molecule has 2 aromatic rings. The number of halogens is 1. The van der Waals surface area contributed by atoms with Crippen molar-refractivity contribution in [3.8, 4) is 0 Å². The van der Waals surface area contributed by atoms with Gasteiger partial charge in [0.05, 0.1) is 23.0 Å². The third-order valence-electron chi connectivity index (χ3n) is 3.74. The fraction of sp³-hybridized carbons (Fsp3) is 0.533. The highest BCUT2D eigenvalue weighted by molar-refractivity contribution is 6.31. The summed E-state index contributed by atoms with van der Waals surface area (Å²) < 4.78 is 7.73. The maximum atomic E-state index is 6.36. The Labute approximate surface area is 125 Å². The van der Waals surface area contributed by atoms with Gasteiger partial charge in [-0.2, -0.15) is 5.10 Å². The van der Waals surface area contributed by atoms with E-state index >= 15 is 0 Å². The summed E-state index contributed by atoms with van der Waals surface area (Å²) in [5.41, 5.74) is 3.33. The molecule has 0 spiro atoms. The predicted octanol–water partition coefficient (Wildman–Crippen LogP) is 3.77. The number of hydrogen-bond acceptors (Lipinski definition) is 3. The van der Waals surface area contributed by atoms with Gasteiger partial charge < -0.3 is 9.73 Å². The molecule has 0 saturated heterocycles. The molecule has 0 aliphatic rings. The van der Waals surface area contributed by atoms with E-state index in [1.807, 2.05) is 25.6 Å². The molecule has 0 aliphatic carbocycles. The molecule has 0 amide bonds. The van der Waals surface area contributed by atoms with E-state index in [1.165, 1.54) is 5.56 Å². The lowest BCUT2D eigenvalue weighted by Crippen LogP contribution is -2.23. The first-order valence-electron chi connectivity index (χ1n) is 6.96. The molecule has 0 saturated carbocycles. The molecule has 2 aromatic heterocycles. The molecular formula is C15H22ClN3O. The van der Waals surface area contributed by atoms with Gasteiger partial charge in [0.15, 0.2) is 0 Å². The lowest BCUT2D eigenvalue weighted by atomic mass is 9.99. The number of rotatable bonds is 5. The van der Waals surface area contributed by atoms with Crippen molar-refractivity contribution in [1.82, 2.24) is 15.1 Å². The summed E-state index contributed by atoms with van der Waals surface area (Å²) in [6, 6.07) is -0.00556. The van der Waals surface area contributed by atoms with Crippen molar-refractivity contribution in [2.45, 2.75) is 46.7 Å². The minimum atomic E-state index is -0.00556. The van der Waals surface area contributed by atoms with Crippen LogP contribution in [0, 0.1) is 20.8 Å².